The molecule has 0 amide bonds. The van der Waals surface area contributed by atoms with E-state index in [1.807, 2.05) is 0 Å². The average molecular weight is 248 g/mol. The van der Waals surface area contributed by atoms with Gasteiger partial charge < -0.3 is 5.73 Å². The number of hydrogen-bond acceptors (Lipinski definition) is 3. The fourth-order valence-electron chi connectivity index (χ4n) is 1.94. The third kappa shape index (κ3) is 4.80. The molecule has 1 aliphatic rings. The van der Waals surface area contributed by atoms with E-state index in [9.17, 15) is 8.42 Å². The van der Waals surface area contributed by atoms with Crippen LogP contribution < -0.4 is 10.5 Å². The number of hydrogen-bond donors (Lipinski definition) is 2. The van der Waals surface area contributed by atoms with Crippen LogP contribution in [0, 0.1) is 11.8 Å². The van der Waals surface area contributed by atoms with Gasteiger partial charge in [0.25, 0.3) is 0 Å². The smallest absolute Gasteiger partial charge is 0.211 e. The lowest BCUT2D eigenvalue weighted by Gasteiger charge is -2.21. The number of nitrogens with two attached hydrogens (primary N) is 1. The minimum absolute atomic E-state index is 0.0658. The standard InChI is InChI=1S/C11H24N2O2S/c1-3-10(4-2)11(12)7-13-16(14,15)8-9-5-6-9/h9-11,13H,3-8,12H2,1-2H3. The molecule has 1 saturated carbocycles. The van der Waals surface area contributed by atoms with E-state index in [-0.39, 0.29) is 11.8 Å². The second-order valence-electron chi connectivity index (χ2n) is 4.81. The van der Waals surface area contributed by atoms with Crippen molar-refractivity contribution in [2.75, 3.05) is 12.3 Å². The first-order valence-electron chi connectivity index (χ1n) is 6.21. The summed E-state index contributed by atoms with van der Waals surface area (Å²) in [6.45, 7) is 4.56. The minimum atomic E-state index is -3.09. The Morgan fingerprint density at radius 1 is 1.31 bits per heavy atom. The van der Waals surface area contributed by atoms with Gasteiger partial charge in [0.05, 0.1) is 5.75 Å². The van der Waals surface area contributed by atoms with Crippen LogP contribution in [-0.2, 0) is 10.0 Å². The van der Waals surface area contributed by atoms with Gasteiger partial charge in [-0.15, -0.1) is 0 Å². The fourth-order valence-corrected chi connectivity index (χ4v) is 3.46. The summed E-state index contributed by atoms with van der Waals surface area (Å²) in [5.41, 5.74) is 5.97. The van der Waals surface area contributed by atoms with Gasteiger partial charge in [-0.05, 0) is 24.7 Å². The second-order valence-corrected chi connectivity index (χ2v) is 6.67. The lowest BCUT2D eigenvalue weighted by Crippen LogP contribution is -2.42. The van der Waals surface area contributed by atoms with Crippen LogP contribution >= 0.6 is 0 Å². The molecule has 96 valence electrons. The summed E-state index contributed by atoms with van der Waals surface area (Å²) < 4.78 is 25.9. The van der Waals surface area contributed by atoms with Crippen LogP contribution in [-0.4, -0.2) is 26.8 Å². The topological polar surface area (TPSA) is 72.2 Å². The minimum Gasteiger partial charge on any atom is -0.326 e. The molecular weight excluding hydrogens is 224 g/mol. The van der Waals surface area contributed by atoms with E-state index in [4.69, 9.17) is 5.73 Å². The SMILES string of the molecule is CCC(CC)C(N)CNS(=O)(=O)CC1CC1. The van der Waals surface area contributed by atoms with Crippen LogP contribution in [0.15, 0.2) is 0 Å². The van der Waals surface area contributed by atoms with E-state index in [1.54, 1.807) is 0 Å². The molecule has 1 atom stereocenters. The number of rotatable bonds is 8. The Balaban J connectivity index is 2.31. The zero-order chi connectivity index (χ0) is 12.2. The summed E-state index contributed by atoms with van der Waals surface area (Å²) in [7, 11) is -3.09. The van der Waals surface area contributed by atoms with Crippen molar-refractivity contribution in [3.63, 3.8) is 0 Å². The highest BCUT2D eigenvalue weighted by Gasteiger charge is 2.28. The first kappa shape index (κ1) is 13.9. The quantitative estimate of drug-likeness (QED) is 0.675. The Morgan fingerprint density at radius 3 is 2.31 bits per heavy atom. The summed E-state index contributed by atoms with van der Waals surface area (Å²) in [4.78, 5) is 0. The van der Waals surface area contributed by atoms with Gasteiger partial charge in [-0.1, -0.05) is 26.7 Å². The van der Waals surface area contributed by atoms with Gasteiger partial charge >= 0.3 is 0 Å². The van der Waals surface area contributed by atoms with Crippen molar-refractivity contribution in [3.05, 3.63) is 0 Å². The Labute approximate surface area is 99.0 Å². The molecule has 5 heteroatoms. The van der Waals surface area contributed by atoms with Crippen LogP contribution in [0.4, 0.5) is 0 Å². The summed E-state index contributed by atoms with van der Waals surface area (Å²) in [5, 5.41) is 0. The zero-order valence-corrected chi connectivity index (χ0v) is 11.1. The molecule has 1 aliphatic carbocycles. The summed E-state index contributed by atoms with van der Waals surface area (Å²) in [5.74, 6) is 1.08. The molecule has 4 nitrogen and oxygen atoms in total. The molecule has 0 aromatic rings. The summed E-state index contributed by atoms with van der Waals surface area (Å²) >= 11 is 0. The second kappa shape index (κ2) is 5.98. The van der Waals surface area contributed by atoms with E-state index in [2.05, 4.69) is 18.6 Å². The van der Waals surface area contributed by atoms with Gasteiger partial charge in [-0.25, -0.2) is 13.1 Å². The monoisotopic (exact) mass is 248 g/mol. The van der Waals surface area contributed by atoms with Gasteiger partial charge in [0.1, 0.15) is 0 Å². The highest BCUT2D eigenvalue weighted by atomic mass is 32.2. The zero-order valence-electron chi connectivity index (χ0n) is 10.3. The summed E-state index contributed by atoms with van der Waals surface area (Å²) in [6.07, 6.45) is 4.11. The normalized spacial score (nSPS) is 19.0. The Bertz CT molecular complexity index is 295. The van der Waals surface area contributed by atoms with Crippen molar-refractivity contribution in [1.29, 1.82) is 0 Å². The van der Waals surface area contributed by atoms with Gasteiger partial charge in [-0.3, -0.25) is 0 Å². The molecule has 0 bridgehead atoms. The van der Waals surface area contributed by atoms with E-state index >= 15 is 0 Å². The largest absolute Gasteiger partial charge is 0.326 e. The van der Waals surface area contributed by atoms with E-state index in [1.165, 1.54) is 0 Å². The summed E-state index contributed by atoms with van der Waals surface area (Å²) in [6, 6.07) is -0.0658. The Kier molecular flexibility index (Phi) is 5.21. The fraction of sp³-hybridized carbons (Fsp3) is 1.00. The molecule has 0 spiro atoms. The molecular formula is C11H24N2O2S. The maximum Gasteiger partial charge on any atom is 0.211 e. The third-order valence-electron chi connectivity index (χ3n) is 3.35. The molecule has 0 aliphatic heterocycles. The Hall–Kier alpha value is -0.130. The molecule has 16 heavy (non-hydrogen) atoms. The van der Waals surface area contributed by atoms with Gasteiger partial charge in [0, 0.05) is 12.6 Å². The molecule has 0 saturated heterocycles. The molecule has 1 fully saturated rings. The molecule has 1 unspecified atom stereocenters. The highest BCUT2D eigenvalue weighted by Crippen LogP contribution is 2.29. The van der Waals surface area contributed by atoms with Crippen LogP contribution in [0.5, 0.6) is 0 Å². The van der Waals surface area contributed by atoms with Crippen LogP contribution in [0.2, 0.25) is 0 Å². The van der Waals surface area contributed by atoms with Crippen molar-refractivity contribution in [3.8, 4) is 0 Å². The Morgan fingerprint density at radius 2 is 1.88 bits per heavy atom. The van der Waals surface area contributed by atoms with Crippen molar-refractivity contribution in [2.45, 2.75) is 45.6 Å². The predicted molar refractivity (Wildman–Crippen MR) is 66.6 cm³/mol. The van der Waals surface area contributed by atoms with Crippen LogP contribution in [0.25, 0.3) is 0 Å². The first-order chi connectivity index (χ1) is 7.48. The van der Waals surface area contributed by atoms with Crippen LogP contribution in [0.3, 0.4) is 0 Å². The molecule has 0 aromatic heterocycles. The maximum atomic E-state index is 11.6. The molecule has 0 radical (unpaired) electrons. The molecule has 0 aromatic carbocycles. The highest BCUT2D eigenvalue weighted by molar-refractivity contribution is 7.89. The van der Waals surface area contributed by atoms with E-state index < -0.39 is 10.0 Å². The molecule has 1 rings (SSSR count). The first-order valence-corrected chi connectivity index (χ1v) is 7.86. The average Bonchev–Trinajstić information content (AvgIpc) is 3.00. The maximum absolute atomic E-state index is 11.6. The van der Waals surface area contributed by atoms with Crippen molar-refractivity contribution in [2.24, 2.45) is 17.6 Å². The number of nitrogens with one attached hydrogen (secondary N) is 1. The molecule has 0 heterocycles. The van der Waals surface area contributed by atoms with E-state index in [0.29, 0.717) is 18.4 Å². The third-order valence-corrected chi connectivity index (χ3v) is 4.86. The molecule has 3 N–H and O–H groups in total. The van der Waals surface area contributed by atoms with Crippen molar-refractivity contribution >= 4 is 10.0 Å². The van der Waals surface area contributed by atoms with Gasteiger partial charge in [0.2, 0.25) is 10.0 Å². The van der Waals surface area contributed by atoms with Crippen molar-refractivity contribution < 1.29 is 8.42 Å². The van der Waals surface area contributed by atoms with E-state index in [0.717, 1.165) is 25.7 Å². The number of sulfonamides is 1. The van der Waals surface area contributed by atoms with Gasteiger partial charge in [0.15, 0.2) is 0 Å². The predicted octanol–water partition coefficient (Wildman–Crippen LogP) is 1.08. The lowest BCUT2D eigenvalue weighted by molar-refractivity contribution is 0.392. The van der Waals surface area contributed by atoms with Gasteiger partial charge in [-0.2, -0.15) is 0 Å². The van der Waals surface area contributed by atoms with Crippen molar-refractivity contribution in [1.82, 2.24) is 4.72 Å². The lowest BCUT2D eigenvalue weighted by atomic mass is 9.95. The van der Waals surface area contributed by atoms with Crippen LogP contribution in [0.1, 0.15) is 39.5 Å².